The number of nitrogens with two attached hydrogens (primary N) is 1. The van der Waals surface area contributed by atoms with E-state index < -0.39 is 0 Å². The monoisotopic (exact) mass is 308 g/mol. The second-order valence-corrected chi connectivity index (χ2v) is 5.74. The van der Waals surface area contributed by atoms with Crippen molar-refractivity contribution in [3.05, 3.63) is 35.6 Å². The molecular weight excluding hydrogens is 288 g/mol. The zero-order valence-electron chi connectivity index (χ0n) is 12.1. The van der Waals surface area contributed by atoms with E-state index in [4.69, 9.17) is 10.2 Å². The summed E-state index contributed by atoms with van der Waals surface area (Å²) in [5.74, 6) is 0.264. The van der Waals surface area contributed by atoms with Crippen molar-refractivity contribution in [2.75, 3.05) is 0 Å². The van der Waals surface area contributed by atoms with Crippen LogP contribution in [0.4, 0.5) is 0 Å². The van der Waals surface area contributed by atoms with Crippen molar-refractivity contribution in [3.8, 4) is 0 Å². The van der Waals surface area contributed by atoms with Crippen LogP contribution in [0.2, 0.25) is 0 Å². The van der Waals surface area contributed by atoms with E-state index in [1.54, 1.807) is 0 Å². The number of benzene rings is 1. The Bertz CT molecular complexity index is 630. The Morgan fingerprint density at radius 2 is 1.95 bits per heavy atom. The summed E-state index contributed by atoms with van der Waals surface area (Å²) in [7, 11) is 0. The Balaban J connectivity index is 0.00000161. The number of furan rings is 1. The molecule has 1 fully saturated rings. The molecular formula is C16H21ClN2O2. The second kappa shape index (κ2) is 6.50. The number of carbonyl (C=O) groups is 1. The van der Waals surface area contributed by atoms with E-state index >= 15 is 0 Å². The summed E-state index contributed by atoms with van der Waals surface area (Å²) in [4.78, 5) is 12.2. The summed E-state index contributed by atoms with van der Waals surface area (Å²) in [6, 6.07) is 8.23. The number of amides is 1. The fraction of sp³-hybridized carbons (Fsp3) is 0.438. The molecule has 1 heterocycles. The summed E-state index contributed by atoms with van der Waals surface area (Å²) in [5.41, 5.74) is 7.79. The molecule has 0 saturated heterocycles. The number of rotatable bonds is 2. The van der Waals surface area contributed by atoms with Gasteiger partial charge in [0, 0.05) is 17.5 Å². The van der Waals surface area contributed by atoms with E-state index in [0.717, 1.165) is 42.2 Å². The van der Waals surface area contributed by atoms with Gasteiger partial charge >= 0.3 is 0 Å². The lowest BCUT2D eigenvalue weighted by molar-refractivity contribution is 0.0900. The highest BCUT2D eigenvalue weighted by molar-refractivity contribution is 5.96. The van der Waals surface area contributed by atoms with Crippen molar-refractivity contribution in [2.45, 2.75) is 44.7 Å². The molecule has 3 N–H and O–H groups in total. The quantitative estimate of drug-likeness (QED) is 0.895. The van der Waals surface area contributed by atoms with Gasteiger partial charge in [0.1, 0.15) is 5.58 Å². The van der Waals surface area contributed by atoms with E-state index in [0.29, 0.717) is 5.76 Å². The summed E-state index contributed by atoms with van der Waals surface area (Å²) in [6.07, 6.45) is 3.85. The molecule has 0 spiro atoms. The fourth-order valence-corrected chi connectivity index (χ4v) is 2.79. The molecule has 1 aromatic carbocycles. The van der Waals surface area contributed by atoms with Gasteiger partial charge in [0.05, 0.1) is 0 Å². The molecule has 3 rings (SSSR count). The normalized spacial score (nSPS) is 21.8. The maximum absolute atomic E-state index is 12.2. The molecule has 0 bridgehead atoms. The van der Waals surface area contributed by atoms with Gasteiger partial charge < -0.3 is 15.5 Å². The molecule has 1 aliphatic carbocycles. The van der Waals surface area contributed by atoms with Crippen LogP contribution in [0.1, 0.15) is 41.8 Å². The molecule has 2 aromatic rings. The Kier molecular flexibility index (Phi) is 4.91. The number of fused-ring (bicyclic) bond motifs is 1. The van der Waals surface area contributed by atoms with Gasteiger partial charge in [-0.2, -0.15) is 0 Å². The van der Waals surface area contributed by atoms with E-state index in [2.05, 4.69) is 5.32 Å². The average molecular weight is 309 g/mol. The van der Waals surface area contributed by atoms with Gasteiger partial charge in [-0.3, -0.25) is 4.79 Å². The number of nitrogens with one attached hydrogen (secondary N) is 1. The number of halogens is 1. The number of carbonyl (C=O) groups excluding carboxylic acids is 1. The zero-order valence-corrected chi connectivity index (χ0v) is 12.9. The maximum atomic E-state index is 12.2. The third kappa shape index (κ3) is 3.57. The van der Waals surface area contributed by atoms with Gasteiger partial charge in [0.15, 0.2) is 5.76 Å². The first-order valence-electron chi connectivity index (χ1n) is 7.18. The Morgan fingerprint density at radius 1 is 1.24 bits per heavy atom. The van der Waals surface area contributed by atoms with Crippen molar-refractivity contribution in [1.82, 2.24) is 5.32 Å². The summed E-state index contributed by atoms with van der Waals surface area (Å²) in [6.45, 7) is 2.03. The van der Waals surface area contributed by atoms with Crippen LogP contribution in [0, 0.1) is 6.92 Å². The van der Waals surface area contributed by atoms with Crippen LogP contribution in [0.25, 0.3) is 11.0 Å². The topological polar surface area (TPSA) is 68.3 Å². The van der Waals surface area contributed by atoms with Crippen LogP contribution in [-0.4, -0.2) is 18.0 Å². The first-order valence-corrected chi connectivity index (χ1v) is 7.18. The second-order valence-electron chi connectivity index (χ2n) is 5.74. The smallest absolute Gasteiger partial charge is 0.287 e. The van der Waals surface area contributed by atoms with Crippen molar-refractivity contribution in [2.24, 2.45) is 5.73 Å². The van der Waals surface area contributed by atoms with E-state index in [9.17, 15) is 4.79 Å². The first-order chi connectivity index (χ1) is 9.61. The van der Waals surface area contributed by atoms with Crippen LogP contribution in [0.3, 0.4) is 0 Å². The van der Waals surface area contributed by atoms with E-state index in [-0.39, 0.29) is 30.4 Å². The molecule has 21 heavy (non-hydrogen) atoms. The molecule has 1 saturated carbocycles. The van der Waals surface area contributed by atoms with E-state index in [1.807, 2.05) is 31.2 Å². The minimum atomic E-state index is -0.126. The standard InChI is InChI=1S/C16H20N2O2.ClH/c1-10-2-7-14-11(8-10)9-15(20-14)16(19)18-13-5-3-12(17)4-6-13;/h2,7-9,12-13H,3-6,17H2,1H3,(H,18,19);1H. The van der Waals surface area contributed by atoms with E-state index in [1.165, 1.54) is 0 Å². The summed E-state index contributed by atoms with van der Waals surface area (Å²) < 4.78 is 5.61. The Hall–Kier alpha value is -1.52. The van der Waals surface area contributed by atoms with Crippen LogP contribution in [0.5, 0.6) is 0 Å². The van der Waals surface area contributed by atoms with Crippen LogP contribution in [-0.2, 0) is 0 Å². The molecule has 5 heteroatoms. The van der Waals surface area contributed by atoms with Gasteiger partial charge in [-0.15, -0.1) is 12.4 Å². The lowest BCUT2D eigenvalue weighted by Gasteiger charge is -2.26. The van der Waals surface area contributed by atoms with Gasteiger partial charge in [-0.25, -0.2) is 0 Å². The summed E-state index contributed by atoms with van der Waals surface area (Å²) in [5, 5.41) is 4.02. The fourth-order valence-electron chi connectivity index (χ4n) is 2.79. The third-order valence-corrected chi connectivity index (χ3v) is 4.00. The minimum absolute atomic E-state index is 0. The highest BCUT2D eigenvalue weighted by Crippen LogP contribution is 2.22. The molecule has 1 aliphatic rings. The predicted molar refractivity (Wildman–Crippen MR) is 85.9 cm³/mol. The van der Waals surface area contributed by atoms with Gasteiger partial charge in [-0.05, 0) is 50.8 Å². The number of hydrogen-bond donors (Lipinski definition) is 2. The minimum Gasteiger partial charge on any atom is -0.451 e. The molecule has 1 amide bonds. The van der Waals surface area contributed by atoms with Crippen molar-refractivity contribution in [3.63, 3.8) is 0 Å². The number of hydrogen-bond acceptors (Lipinski definition) is 3. The predicted octanol–water partition coefficient (Wildman–Crippen LogP) is 3.16. The van der Waals surface area contributed by atoms with Crippen LogP contribution < -0.4 is 11.1 Å². The highest BCUT2D eigenvalue weighted by atomic mass is 35.5. The third-order valence-electron chi connectivity index (χ3n) is 4.00. The van der Waals surface area contributed by atoms with Crippen LogP contribution in [0.15, 0.2) is 28.7 Å². The average Bonchev–Trinajstić information content (AvgIpc) is 2.84. The Labute approximate surface area is 130 Å². The molecule has 0 radical (unpaired) electrons. The van der Waals surface area contributed by atoms with Gasteiger partial charge in [0.25, 0.3) is 5.91 Å². The lowest BCUT2D eigenvalue weighted by Crippen LogP contribution is -2.40. The molecule has 4 nitrogen and oxygen atoms in total. The lowest BCUT2D eigenvalue weighted by atomic mass is 9.92. The Morgan fingerprint density at radius 3 is 2.67 bits per heavy atom. The largest absolute Gasteiger partial charge is 0.451 e. The van der Waals surface area contributed by atoms with Gasteiger partial charge in [-0.1, -0.05) is 11.6 Å². The van der Waals surface area contributed by atoms with Crippen molar-refractivity contribution in [1.29, 1.82) is 0 Å². The molecule has 0 aliphatic heterocycles. The van der Waals surface area contributed by atoms with Gasteiger partial charge in [0.2, 0.25) is 0 Å². The van der Waals surface area contributed by atoms with Crippen LogP contribution >= 0.6 is 12.4 Å². The molecule has 0 unspecified atom stereocenters. The first kappa shape index (κ1) is 15.9. The molecule has 0 atom stereocenters. The zero-order chi connectivity index (χ0) is 14.1. The van der Waals surface area contributed by atoms with Crippen molar-refractivity contribution >= 4 is 29.3 Å². The molecule has 114 valence electrons. The summed E-state index contributed by atoms with van der Waals surface area (Å²) >= 11 is 0. The maximum Gasteiger partial charge on any atom is 0.287 e. The highest BCUT2D eigenvalue weighted by Gasteiger charge is 2.22. The number of aryl methyl sites for hydroxylation is 1. The SMILES string of the molecule is Cc1ccc2oc(C(=O)NC3CCC(N)CC3)cc2c1.Cl. The van der Waals surface area contributed by atoms with Crippen molar-refractivity contribution < 1.29 is 9.21 Å². The molecule has 1 aromatic heterocycles.